The van der Waals surface area contributed by atoms with Crippen molar-refractivity contribution in [3.05, 3.63) is 0 Å². The molecule has 0 bridgehead atoms. The van der Waals surface area contributed by atoms with Crippen LogP contribution < -0.4 is 0 Å². The molecular formula is C21H46O7Si2. The maximum absolute atomic E-state index is 14.5. The van der Waals surface area contributed by atoms with Gasteiger partial charge in [0.15, 0.2) is 5.78 Å². The van der Waals surface area contributed by atoms with Gasteiger partial charge in [-0.25, -0.2) is 0 Å². The summed E-state index contributed by atoms with van der Waals surface area (Å²) in [6, 6.07) is 0. The summed E-state index contributed by atoms with van der Waals surface area (Å²) >= 11 is 0. The van der Waals surface area contributed by atoms with Crippen molar-refractivity contribution in [2.75, 3.05) is 42.7 Å². The van der Waals surface area contributed by atoms with Crippen molar-refractivity contribution in [2.24, 2.45) is 0 Å². The Kier molecular flexibility index (Phi) is 13.4. The first kappa shape index (κ1) is 29.9. The van der Waals surface area contributed by atoms with Gasteiger partial charge < -0.3 is 26.6 Å². The molecule has 2 atom stereocenters. The first-order chi connectivity index (χ1) is 14.1. The molecule has 0 spiro atoms. The summed E-state index contributed by atoms with van der Waals surface area (Å²) in [4.78, 5) is 14.5. The lowest BCUT2D eigenvalue weighted by atomic mass is 9.86. The topological polar surface area (TPSA) is 72.5 Å². The quantitative estimate of drug-likeness (QED) is 0.208. The number of carbonyl (C=O) groups excluding carboxylic acids is 1. The molecule has 0 rings (SSSR count). The van der Waals surface area contributed by atoms with E-state index in [1.54, 1.807) is 42.7 Å². The third-order valence-electron chi connectivity index (χ3n) is 6.53. The highest BCUT2D eigenvalue weighted by Gasteiger charge is 2.70. The Morgan fingerprint density at radius 3 is 1.07 bits per heavy atom. The van der Waals surface area contributed by atoms with Crippen LogP contribution >= 0.6 is 0 Å². The minimum absolute atomic E-state index is 0.0170. The summed E-state index contributed by atoms with van der Waals surface area (Å²) in [5.74, 6) is -0.0170. The second kappa shape index (κ2) is 13.4. The number of Topliss-reactive ketones (excluding diaryl/α,β-unsaturated/α-hetero) is 1. The Balaban J connectivity index is 6.64. The smallest absolute Gasteiger partial charge is 0.376 e. The highest BCUT2D eigenvalue weighted by Crippen LogP contribution is 2.56. The molecule has 0 fully saturated rings. The summed E-state index contributed by atoms with van der Waals surface area (Å²) in [6.45, 7) is 8.12. The van der Waals surface area contributed by atoms with Gasteiger partial charge in [0, 0.05) is 42.7 Å². The SMILES string of the molecule is CCCCCC(C)(C(=O)C(C)(CCCCC)[Si](OC)(OC)OC)[Si](OC)(OC)OC. The zero-order valence-electron chi connectivity index (χ0n) is 21.0. The van der Waals surface area contributed by atoms with Crippen LogP contribution in [0.1, 0.15) is 79.1 Å². The van der Waals surface area contributed by atoms with Crippen molar-refractivity contribution in [1.29, 1.82) is 0 Å². The van der Waals surface area contributed by atoms with Gasteiger partial charge in [0.05, 0.1) is 10.1 Å². The molecular weight excluding hydrogens is 420 g/mol. The fourth-order valence-electron chi connectivity index (χ4n) is 4.73. The van der Waals surface area contributed by atoms with E-state index in [-0.39, 0.29) is 5.78 Å². The van der Waals surface area contributed by atoms with E-state index in [0.717, 1.165) is 38.5 Å². The lowest BCUT2D eigenvalue weighted by Gasteiger charge is -2.48. The van der Waals surface area contributed by atoms with Gasteiger partial charge in [0.25, 0.3) is 0 Å². The molecule has 7 nitrogen and oxygen atoms in total. The third kappa shape index (κ3) is 5.61. The lowest BCUT2D eigenvalue weighted by molar-refractivity contribution is -0.129. The van der Waals surface area contributed by atoms with E-state index in [1.807, 2.05) is 13.8 Å². The van der Waals surface area contributed by atoms with Crippen LogP contribution in [0.2, 0.25) is 10.1 Å². The monoisotopic (exact) mass is 466 g/mol. The van der Waals surface area contributed by atoms with Crippen molar-refractivity contribution in [1.82, 2.24) is 0 Å². The Bertz CT molecular complexity index is 439. The van der Waals surface area contributed by atoms with Gasteiger partial charge in [0.2, 0.25) is 0 Å². The molecule has 2 unspecified atom stereocenters. The van der Waals surface area contributed by atoms with Crippen molar-refractivity contribution in [2.45, 2.75) is 89.1 Å². The Morgan fingerprint density at radius 1 is 0.600 bits per heavy atom. The molecule has 0 aromatic rings. The second-order valence-electron chi connectivity index (χ2n) is 8.24. The number of ketones is 1. The zero-order chi connectivity index (χ0) is 23.5. The number of hydrogen-bond donors (Lipinski definition) is 0. The number of hydrogen-bond acceptors (Lipinski definition) is 7. The summed E-state index contributed by atoms with van der Waals surface area (Å²) in [5.41, 5.74) is 0. The van der Waals surface area contributed by atoms with Crippen LogP contribution in [0.5, 0.6) is 0 Å². The normalized spacial score (nSPS) is 16.9. The molecule has 0 saturated carbocycles. The highest BCUT2D eigenvalue weighted by molar-refractivity contribution is 6.74. The van der Waals surface area contributed by atoms with E-state index in [1.165, 1.54) is 0 Å². The van der Waals surface area contributed by atoms with E-state index in [2.05, 4.69) is 13.8 Å². The molecule has 30 heavy (non-hydrogen) atoms. The molecule has 0 aromatic heterocycles. The molecule has 180 valence electrons. The summed E-state index contributed by atoms with van der Waals surface area (Å²) < 4.78 is 35.1. The van der Waals surface area contributed by atoms with Crippen LogP contribution in [-0.4, -0.2) is 66.1 Å². The third-order valence-corrected chi connectivity index (χ3v) is 13.4. The van der Waals surface area contributed by atoms with Crippen molar-refractivity contribution in [3.63, 3.8) is 0 Å². The molecule has 0 heterocycles. The maximum atomic E-state index is 14.5. The summed E-state index contributed by atoms with van der Waals surface area (Å²) in [5, 5.41) is -1.93. The van der Waals surface area contributed by atoms with Crippen LogP contribution in [0.15, 0.2) is 0 Å². The van der Waals surface area contributed by atoms with Crippen LogP contribution in [0.3, 0.4) is 0 Å². The number of rotatable bonds is 18. The average molecular weight is 467 g/mol. The predicted molar refractivity (Wildman–Crippen MR) is 124 cm³/mol. The Morgan fingerprint density at radius 2 is 0.867 bits per heavy atom. The van der Waals surface area contributed by atoms with E-state index in [9.17, 15) is 4.79 Å². The minimum Gasteiger partial charge on any atom is -0.376 e. The summed E-state index contributed by atoms with van der Waals surface area (Å²) in [7, 11) is 2.67. The fourth-order valence-corrected chi connectivity index (χ4v) is 10.6. The molecule has 0 aliphatic heterocycles. The molecule has 0 aliphatic rings. The molecule has 0 aliphatic carbocycles. The van der Waals surface area contributed by atoms with Gasteiger partial charge in [-0.05, 0) is 26.7 Å². The fraction of sp³-hybridized carbons (Fsp3) is 0.952. The van der Waals surface area contributed by atoms with Crippen molar-refractivity contribution in [3.8, 4) is 0 Å². The number of carbonyl (C=O) groups is 1. The van der Waals surface area contributed by atoms with Gasteiger partial charge in [-0.15, -0.1) is 0 Å². The van der Waals surface area contributed by atoms with Gasteiger partial charge in [-0.3, -0.25) is 4.79 Å². The molecule has 0 N–H and O–H groups in total. The Labute approximate surface area is 186 Å². The maximum Gasteiger partial charge on any atom is 0.514 e. The average Bonchev–Trinajstić information content (AvgIpc) is 2.76. The first-order valence-corrected chi connectivity index (χ1v) is 14.4. The first-order valence-electron chi connectivity index (χ1n) is 11.0. The van der Waals surface area contributed by atoms with Crippen molar-refractivity contribution >= 4 is 23.4 Å². The van der Waals surface area contributed by atoms with Gasteiger partial charge in [-0.2, -0.15) is 0 Å². The lowest BCUT2D eigenvalue weighted by Crippen LogP contribution is -2.64. The van der Waals surface area contributed by atoms with E-state index >= 15 is 0 Å². The zero-order valence-corrected chi connectivity index (χ0v) is 23.0. The molecule has 0 radical (unpaired) electrons. The molecule has 9 heteroatoms. The minimum atomic E-state index is -3.35. The van der Waals surface area contributed by atoms with Gasteiger partial charge in [-0.1, -0.05) is 52.4 Å². The van der Waals surface area contributed by atoms with E-state index in [4.69, 9.17) is 26.6 Å². The number of unbranched alkanes of at least 4 members (excludes halogenated alkanes) is 4. The van der Waals surface area contributed by atoms with Crippen LogP contribution in [0, 0.1) is 0 Å². The highest BCUT2D eigenvalue weighted by atomic mass is 28.4. The molecule has 0 saturated heterocycles. The van der Waals surface area contributed by atoms with Gasteiger partial charge in [0.1, 0.15) is 0 Å². The van der Waals surface area contributed by atoms with E-state index < -0.39 is 27.7 Å². The van der Waals surface area contributed by atoms with E-state index in [0.29, 0.717) is 12.8 Å². The largest absolute Gasteiger partial charge is 0.514 e. The summed E-state index contributed by atoms with van der Waals surface area (Å²) in [6.07, 6.45) is 7.07. The standard InChI is InChI=1S/C21H46O7Si2/c1-11-13-15-17-20(3,29(23-5,24-6)25-7)19(22)21(4,18-16-14-12-2)30(26-8,27-9)28-10/h11-18H2,1-10H3. The predicted octanol–water partition coefficient (Wildman–Crippen LogP) is 4.99. The van der Waals surface area contributed by atoms with Crippen molar-refractivity contribution < 1.29 is 31.4 Å². The van der Waals surface area contributed by atoms with Gasteiger partial charge >= 0.3 is 17.6 Å². The van der Waals surface area contributed by atoms with Crippen LogP contribution in [0.25, 0.3) is 0 Å². The molecule has 0 amide bonds. The van der Waals surface area contributed by atoms with Crippen LogP contribution in [-0.2, 0) is 31.4 Å². The second-order valence-corrected chi connectivity index (χ2v) is 15.1. The molecule has 0 aromatic carbocycles. The Hall–Kier alpha value is -0.136. The van der Waals surface area contributed by atoms with Crippen LogP contribution in [0.4, 0.5) is 0 Å².